The third kappa shape index (κ3) is 4.16. The van der Waals surface area contributed by atoms with Crippen LogP contribution in [0.3, 0.4) is 0 Å². The first-order valence-electron chi connectivity index (χ1n) is 4.83. The quantitative estimate of drug-likeness (QED) is 0.697. The SMILES string of the molecule is C[S+](OCC(C)(C)C)c1ccccc1. The first-order chi connectivity index (χ1) is 6.49. The van der Waals surface area contributed by atoms with Gasteiger partial charge in [-0.2, -0.15) is 4.18 Å². The second-order valence-electron chi connectivity index (χ2n) is 4.59. The maximum absolute atomic E-state index is 5.82. The molecule has 78 valence electrons. The van der Waals surface area contributed by atoms with E-state index >= 15 is 0 Å². The molecule has 1 nitrogen and oxygen atoms in total. The predicted molar refractivity (Wildman–Crippen MR) is 63.4 cm³/mol. The van der Waals surface area contributed by atoms with Crippen LogP contribution in [0.25, 0.3) is 0 Å². The Morgan fingerprint density at radius 2 is 1.71 bits per heavy atom. The molecule has 0 spiro atoms. The van der Waals surface area contributed by atoms with Crippen LogP contribution in [0.4, 0.5) is 0 Å². The summed E-state index contributed by atoms with van der Waals surface area (Å²) in [6.07, 6.45) is 2.13. The molecule has 1 atom stereocenters. The van der Waals surface area contributed by atoms with Gasteiger partial charge in [0, 0.05) is 0 Å². The van der Waals surface area contributed by atoms with Crippen LogP contribution in [-0.4, -0.2) is 12.9 Å². The summed E-state index contributed by atoms with van der Waals surface area (Å²) in [4.78, 5) is 1.27. The van der Waals surface area contributed by atoms with E-state index in [0.717, 1.165) is 6.61 Å². The Labute approximate surface area is 90.0 Å². The predicted octanol–water partition coefficient (Wildman–Crippen LogP) is 3.27. The van der Waals surface area contributed by atoms with Crippen LogP contribution in [0.1, 0.15) is 20.8 Å². The molecule has 0 bridgehead atoms. The summed E-state index contributed by atoms with van der Waals surface area (Å²) in [5.41, 5.74) is 0.246. The molecule has 0 saturated carbocycles. The van der Waals surface area contributed by atoms with Crippen LogP contribution in [0, 0.1) is 5.41 Å². The van der Waals surface area contributed by atoms with Crippen molar-refractivity contribution in [2.24, 2.45) is 5.41 Å². The van der Waals surface area contributed by atoms with Crippen LogP contribution in [0.2, 0.25) is 0 Å². The number of benzene rings is 1. The number of hydrogen-bond acceptors (Lipinski definition) is 1. The Balaban J connectivity index is 2.48. The third-order valence-electron chi connectivity index (χ3n) is 1.74. The van der Waals surface area contributed by atoms with Gasteiger partial charge in [0.1, 0.15) is 12.9 Å². The summed E-state index contributed by atoms with van der Waals surface area (Å²) < 4.78 is 5.82. The van der Waals surface area contributed by atoms with Crippen molar-refractivity contribution in [3.8, 4) is 0 Å². The lowest BCUT2D eigenvalue weighted by atomic mass is 9.99. The molecular weight excluding hydrogens is 192 g/mol. The van der Waals surface area contributed by atoms with E-state index < -0.39 is 0 Å². The molecule has 0 amide bonds. The lowest BCUT2D eigenvalue weighted by Gasteiger charge is -2.15. The highest BCUT2D eigenvalue weighted by Gasteiger charge is 2.21. The van der Waals surface area contributed by atoms with Gasteiger partial charge in [0.15, 0.2) is 16.1 Å². The van der Waals surface area contributed by atoms with E-state index in [9.17, 15) is 0 Å². The molecule has 1 unspecified atom stereocenters. The minimum atomic E-state index is -0.0799. The van der Waals surface area contributed by atoms with Gasteiger partial charge in [-0.05, 0) is 17.5 Å². The summed E-state index contributed by atoms with van der Waals surface area (Å²) in [7, 11) is 0. The summed E-state index contributed by atoms with van der Waals surface area (Å²) >= 11 is -0.0799. The Morgan fingerprint density at radius 3 is 2.21 bits per heavy atom. The van der Waals surface area contributed by atoms with Crippen molar-refractivity contribution in [1.82, 2.24) is 0 Å². The molecule has 0 aliphatic heterocycles. The largest absolute Gasteiger partial charge is 0.189 e. The van der Waals surface area contributed by atoms with E-state index in [0.29, 0.717) is 0 Å². The number of rotatable bonds is 3. The van der Waals surface area contributed by atoms with Crippen LogP contribution >= 0.6 is 0 Å². The van der Waals surface area contributed by atoms with Crippen molar-refractivity contribution in [1.29, 1.82) is 0 Å². The zero-order valence-electron chi connectivity index (χ0n) is 9.41. The van der Waals surface area contributed by atoms with Crippen molar-refractivity contribution in [2.45, 2.75) is 25.7 Å². The van der Waals surface area contributed by atoms with Crippen molar-refractivity contribution in [2.75, 3.05) is 12.9 Å². The van der Waals surface area contributed by atoms with Crippen LogP contribution < -0.4 is 0 Å². The fourth-order valence-corrected chi connectivity index (χ4v) is 2.15. The fourth-order valence-electron chi connectivity index (χ4n) is 0.945. The van der Waals surface area contributed by atoms with Gasteiger partial charge in [-0.25, -0.2) is 0 Å². The Morgan fingerprint density at radius 1 is 1.14 bits per heavy atom. The molecule has 0 fully saturated rings. The Hall–Kier alpha value is -0.470. The molecule has 1 rings (SSSR count). The molecule has 0 radical (unpaired) electrons. The molecule has 0 saturated heterocycles. The summed E-state index contributed by atoms with van der Waals surface area (Å²) in [6, 6.07) is 10.4. The van der Waals surface area contributed by atoms with E-state index in [4.69, 9.17) is 4.18 Å². The zero-order valence-corrected chi connectivity index (χ0v) is 10.2. The lowest BCUT2D eigenvalue weighted by Crippen LogP contribution is -2.18. The number of hydrogen-bond donors (Lipinski definition) is 0. The second kappa shape index (κ2) is 4.85. The van der Waals surface area contributed by atoms with E-state index in [1.807, 2.05) is 6.07 Å². The molecule has 0 heterocycles. The van der Waals surface area contributed by atoms with E-state index in [2.05, 4.69) is 51.3 Å². The average Bonchev–Trinajstić information content (AvgIpc) is 2.14. The zero-order chi connectivity index (χ0) is 10.6. The van der Waals surface area contributed by atoms with Crippen LogP contribution in [0.15, 0.2) is 35.2 Å². The fraction of sp³-hybridized carbons (Fsp3) is 0.500. The summed E-state index contributed by atoms with van der Waals surface area (Å²) in [5.74, 6) is 0. The Kier molecular flexibility index (Phi) is 4.02. The van der Waals surface area contributed by atoms with Gasteiger partial charge in [-0.3, -0.25) is 0 Å². The van der Waals surface area contributed by atoms with Crippen LogP contribution in [-0.2, 0) is 15.4 Å². The lowest BCUT2D eigenvalue weighted by molar-refractivity contribution is 0.221. The van der Waals surface area contributed by atoms with Gasteiger partial charge in [0.2, 0.25) is 0 Å². The van der Waals surface area contributed by atoms with Crippen molar-refractivity contribution in [3.63, 3.8) is 0 Å². The van der Waals surface area contributed by atoms with Crippen LogP contribution in [0.5, 0.6) is 0 Å². The van der Waals surface area contributed by atoms with Gasteiger partial charge >= 0.3 is 0 Å². The average molecular weight is 211 g/mol. The van der Waals surface area contributed by atoms with Gasteiger partial charge < -0.3 is 0 Å². The molecule has 0 aliphatic rings. The highest BCUT2D eigenvalue weighted by atomic mass is 32.2. The van der Waals surface area contributed by atoms with E-state index in [-0.39, 0.29) is 16.6 Å². The normalized spacial score (nSPS) is 14.0. The molecular formula is C12H19OS+. The highest BCUT2D eigenvalue weighted by molar-refractivity contribution is 7.91. The van der Waals surface area contributed by atoms with Gasteiger partial charge in [-0.15, -0.1) is 0 Å². The standard InChI is InChI=1S/C12H19OS/c1-12(2,3)10-13-14(4)11-8-6-5-7-9-11/h5-9H,10H2,1-4H3/q+1. The van der Waals surface area contributed by atoms with Crippen molar-refractivity contribution >= 4 is 11.2 Å². The topological polar surface area (TPSA) is 9.23 Å². The smallest absolute Gasteiger partial charge is 0.168 e. The summed E-state index contributed by atoms with van der Waals surface area (Å²) in [5, 5.41) is 0. The monoisotopic (exact) mass is 211 g/mol. The maximum Gasteiger partial charge on any atom is 0.189 e. The highest BCUT2D eigenvalue weighted by Crippen LogP contribution is 2.18. The van der Waals surface area contributed by atoms with Crippen molar-refractivity contribution in [3.05, 3.63) is 30.3 Å². The van der Waals surface area contributed by atoms with Crippen molar-refractivity contribution < 1.29 is 4.18 Å². The molecule has 1 aromatic carbocycles. The summed E-state index contributed by atoms with van der Waals surface area (Å²) in [6.45, 7) is 7.38. The molecule has 14 heavy (non-hydrogen) atoms. The maximum atomic E-state index is 5.82. The first kappa shape index (κ1) is 11.6. The Bertz CT molecular complexity index is 263. The molecule has 0 aliphatic carbocycles. The minimum absolute atomic E-state index is 0.0799. The van der Waals surface area contributed by atoms with E-state index in [1.165, 1.54) is 4.90 Å². The van der Waals surface area contributed by atoms with Gasteiger partial charge in [-0.1, -0.05) is 39.0 Å². The molecule has 2 heteroatoms. The molecule has 0 N–H and O–H groups in total. The van der Waals surface area contributed by atoms with E-state index in [1.54, 1.807) is 0 Å². The molecule has 0 aromatic heterocycles. The second-order valence-corrected chi connectivity index (χ2v) is 6.21. The molecule has 1 aromatic rings. The minimum Gasteiger partial charge on any atom is -0.168 e. The van der Waals surface area contributed by atoms with Gasteiger partial charge in [0.05, 0.1) is 0 Å². The first-order valence-corrected chi connectivity index (χ1v) is 6.39. The van der Waals surface area contributed by atoms with Gasteiger partial charge in [0.25, 0.3) is 0 Å². The third-order valence-corrected chi connectivity index (χ3v) is 3.15.